The first kappa shape index (κ1) is 19.6. The second-order valence-corrected chi connectivity index (χ2v) is 7.11. The maximum absolute atomic E-state index is 12.8. The number of pyridine rings is 1. The Labute approximate surface area is 174 Å². The Hall–Kier alpha value is -3.68. The molecule has 154 valence electrons. The van der Waals surface area contributed by atoms with E-state index in [9.17, 15) is 9.59 Å². The van der Waals surface area contributed by atoms with Gasteiger partial charge in [-0.25, -0.2) is 9.67 Å². The molecule has 30 heavy (non-hydrogen) atoms. The van der Waals surface area contributed by atoms with E-state index in [0.29, 0.717) is 48.7 Å². The molecule has 8 nitrogen and oxygen atoms in total. The van der Waals surface area contributed by atoms with E-state index in [1.807, 2.05) is 30.3 Å². The van der Waals surface area contributed by atoms with E-state index < -0.39 is 0 Å². The standard InChI is InChI=1S/C22H23N5O3/c1-30-19-6-3-2-5-18(19)25-21(28)16-9-13-26(14-10-16)22(29)17-7-8-20(23-15-17)27-12-4-11-24-27/h2-8,11-12,15-16H,9-10,13-14H2,1H3,(H,25,28). The molecule has 0 atom stereocenters. The average molecular weight is 405 g/mol. The number of likely N-dealkylation sites (tertiary alicyclic amines) is 1. The fraction of sp³-hybridized carbons (Fsp3) is 0.273. The zero-order chi connectivity index (χ0) is 20.9. The fourth-order valence-electron chi connectivity index (χ4n) is 3.56. The van der Waals surface area contributed by atoms with Gasteiger partial charge < -0.3 is 15.0 Å². The number of rotatable bonds is 5. The lowest BCUT2D eigenvalue weighted by atomic mass is 9.95. The lowest BCUT2D eigenvalue weighted by Crippen LogP contribution is -2.41. The van der Waals surface area contributed by atoms with Crippen LogP contribution in [0, 0.1) is 5.92 Å². The highest BCUT2D eigenvalue weighted by Gasteiger charge is 2.28. The molecule has 1 saturated heterocycles. The summed E-state index contributed by atoms with van der Waals surface area (Å²) in [6.45, 7) is 1.06. The SMILES string of the molecule is COc1ccccc1NC(=O)C1CCN(C(=O)c2ccc(-n3cccn3)nc2)CC1. The van der Waals surface area contributed by atoms with Gasteiger partial charge in [0.1, 0.15) is 5.75 Å². The van der Waals surface area contributed by atoms with Crippen molar-refractivity contribution in [2.24, 2.45) is 5.92 Å². The lowest BCUT2D eigenvalue weighted by Gasteiger charge is -2.31. The molecule has 2 amide bonds. The molecule has 1 aromatic carbocycles. The van der Waals surface area contributed by atoms with Crippen molar-refractivity contribution >= 4 is 17.5 Å². The van der Waals surface area contributed by atoms with Crippen LogP contribution in [0.25, 0.3) is 5.82 Å². The number of para-hydroxylation sites is 2. The summed E-state index contributed by atoms with van der Waals surface area (Å²) in [7, 11) is 1.57. The molecule has 8 heteroatoms. The van der Waals surface area contributed by atoms with Crippen LogP contribution >= 0.6 is 0 Å². The first-order valence-corrected chi connectivity index (χ1v) is 9.85. The summed E-state index contributed by atoms with van der Waals surface area (Å²) < 4.78 is 6.92. The van der Waals surface area contributed by atoms with Gasteiger partial charge in [0.15, 0.2) is 5.82 Å². The van der Waals surface area contributed by atoms with E-state index >= 15 is 0 Å². The van der Waals surface area contributed by atoms with Crippen LogP contribution in [-0.4, -0.2) is 51.7 Å². The molecule has 3 aromatic rings. The normalized spacial score (nSPS) is 14.4. The van der Waals surface area contributed by atoms with Gasteiger partial charge >= 0.3 is 0 Å². The number of anilines is 1. The number of amides is 2. The van der Waals surface area contributed by atoms with Gasteiger partial charge in [0.25, 0.3) is 5.91 Å². The van der Waals surface area contributed by atoms with Gasteiger partial charge in [-0.05, 0) is 43.2 Å². The van der Waals surface area contributed by atoms with Crippen LogP contribution in [-0.2, 0) is 4.79 Å². The van der Waals surface area contributed by atoms with Crippen molar-refractivity contribution in [1.82, 2.24) is 19.7 Å². The number of hydrogen-bond acceptors (Lipinski definition) is 5. The molecule has 2 aromatic heterocycles. The molecule has 0 bridgehead atoms. The number of carbonyl (C=O) groups is 2. The van der Waals surface area contributed by atoms with E-state index in [1.165, 1.54) is 0 Å². The molecule has 1 aliphatic rings. The van der Waals surface area contributed by atoms with Crippen LogP contribution in [0.2, 0.25) is 0 Å². The summed E-state index contributed by atoms with van der Waals surface area (Å²) in [6.07, 6.45) is 6.27. The summed E-state index contributed by atoms with van der Waals surface area (Å²) in [5.74, 6) is 1.03. The average Bonchev–Trinajstić information content (AvgIpc) is 3.34. The molecule has 0 radical (unpaired) electrons. The minimum absolute atomic E-state index is 0.0446. The third-order valence-corrected chi connectivity index (χ3v) is 5.25. The number of piperidine rings is 1. The van der Waals surface area contributed by atoms with Crippen LogP contribution in [0.15, 0.2) is 61.1 Å². The van der Waals surface area contributed by atoms with E-state index in [1.54, 1.807) is 47.4 Å². The molecule has 1 aliphatic heterocycles. The zero-order valence-corrected chi connectivity index (χ0v) is 16.7. The van der Waals surface area contributed by atoms with Gasteiger partial charge in [0.2, 0.25) is 5.91 Å². The highest BCUT2D eigenvalue weighted by molar-refractivity contribution is 5.95. The Morgan fingerprint density at radius 3 is 2.57 bits per heavy atom. The summed E-state index contributed by atoms with van der Waals surface area (Å²) >= 11 is 0. The molecule has 1 fully saturated rings. The van der Waals surface area contributed by atoms with Gasteiger partial charge in [-0.2, -0.15) is 5.10 Å². The van der Waals surface area contributed by atoms with Crippen molar-refractivity contribution in [2.45, 2.75) is 12.8 Å². The minimum Gasteiger partial charge on any atom is -0.495 e. The second kappa shape index (κ2) is 8.77. The Morgan fingerprint density at radius 1 is 1.10 bits per heavy atom. The van der Waals surface area contributed by atoms with Crippen molar-refractivity contribution in [3.8, 4) is 11.6 Å². The highest BCUT2D eigenvalue weighted by atomic mass is 16.5. The number of methoxy groups -OCH3 is 1. The lowest BCUT2D eigenvalue weighted by molar-refractivity contribution is -0.121. The van der Waals surface area contributed by atoms with Gasteiger partial charge in [-0.15, -0.1) is 0 Å². The topological polar surface area (TPSA) is 89.4 Å². The Bertz CT molecular complexity index is 1010. The summed E-state index contributed by atoms with van der Waals surface area (Å²) in [6, 6.07) is 12.7. The molecular formula is C22H23N5O3. The predicted octanol–water partition coefficient (Wildman–Crippen LogP) is 2.77. The number of benzene rings is 1. The quantitative estimate of drug-likeness (QED) is 0.705. The third-order valence-electron chi connectivity index (χ3n) is 5.25. The largest absolute Gasteiger partial charge is 0.495 e. The molecule has 0 aliphatic carbocycles. The van der Waals surface area contributed by atoms with Crippen LogP contribution in [0.3, 0.4) is 0 Å². The van der Waals surface area contributed by atoms with Crippen LogP contribution < -0.4 is 10.1 Å². The van der Waals surface area contributed by atoms with Crippen molar-refractivity contribution in [2.75, 3.05) is 25.5 Å². The molecule has 0 unspecified atom stereocenters. The van der Waals surface area contributed by atoms with Crippen LogP contribution in [0.5, 0.6) is 5.75 Å². The first-order valence-electron chi connectivity index (χ1n) is 9.85. The molecule has 3 heterocycles. The number of nitrogens with zero attached hydrogens (tertiary/aromatic N) is 4. The highest BCUT2D eigenvalue weighted by Crippen LogP contribution is 2.26. The van der Waals surface area contributed by atoms with Crippen LogP contribution in [0.1, 0.15) is 23.2 Å². The van der Waals surface area contributed by atoms with Gasteiger partial charge in [-0.1, -0.05) is 12.1 Å². The number of ether oxygens (including phenoxy) is 1. The number of hydrogen-bond donors (Lipinski definition) is 1. The van der Waals surface area contributed by atoms with E-state index in [2.05, 4.69) is 15.4 Å². The molecule has 0 saturated carbocycles. The monoisotopic (exact) mass is 405 g/mol. The Kier molecular flexibility index (Phi) is 5.74. The first-order chi connectivity index (χ1) is 14.7. The fourth-order valence-corrected chi connectivity index (χ4v) is 3.56. The summed E-state index contributed by atoms with van der Waals surface area (Å²) in [4.78, 5) is 31.5. The van der Waals surface area contributed by atoms with E-state index in [4.69, 9.17) is 4.74 Å². The maximum atomic E-state index is 12.8. The number of carbonyl (C=O) groups excluding carboxylic acids is 2. The van der Waals surface area contributed by atoms with Crippen molar-refractivity contribution in [3.63, 3.8) is 0 Å². The van der Waals surface area contributed by atoms with E-state index in [-0.39, 0.29) is 17.7 Å². The number of aromatic nitrogens is 3. The smallest absolute Gasteiger partial charge is 0.255 e. The molecule has 1 N–H and O–H groups in total. The van der Waals surface area contributed by atoms with Gasteiger partial charge in [-0.3, -0.25) is 9.59 Å². The zero-order valence-electron chi connectivity index (χ0n) is 16.7. The van der Waals surface area contributed by atoms with Gasteiger partial charge in [0.05, 0.1) is 18.4 Å². The van der Waals surface area contributed by atoms with Crippen molar-refractivity contribution in [3.05, 3.63) is 66.6 Å². The molecular weight excluding hydrogens is 382 g/mol. The summed E-state index contributed by atoms with van der Waals surface area (Å²) in [5, 5.41) is 7.07. The predicted molar refractivity (Wildman–Crippen MR) is 112 cm³/mol. The summed E-state index contributed by atoms with van der Waals surface area (Å²) in [5.41, 5.74) is 1.19. The third kappa shape index (κ3) is 4.17. The maximum Gasteiger partial charge on any atom is 0.255 e. The molecule has 0 spiro atoms. The minimum atomic E-state index is -0.140. The Morgan fingerprint density at radius 2 is 1.90 bits per heavy atom. The second-order valence-electron chi connectivity index (χ2n) is 7.11. The van der Waals surface area contributed by atoms with Crippen LogP contribution in [0.4, 0.5) is 5.69 Å². The van der Waals surface area contributed by atoms with E-state index in [0.717, 1.165) is 0 Å². The Balaban J connectivity index is 1.33. The van der Waals surface area contributed by atoms with Gasteiger partial charge in [0, 0.05) is 37.6 Å². The van der Waals surface area contributed by atoms with Crippen molar-refractivity contribution < 1.29 is 14.3 Å². The number of nitrogens with one attached hydrogen (secondary N) is 1. The van der Waals surface area contributed by atoms with Crippen molar-refractivity contribution in [1.29, 1.82) is 0 Å². The molecule has 4 rings (SSSR count).